The Morgan fingerprint density at radius 3 is 2.69 bits per heavy atom. The normalized spacial score (nSPS) is 19.1. The quantitative estimate of drug-likeness (QED) is 0.684. The average Bonchev–Trinajstić information content (AvgIpc) is 2.03. The van der Waals surface area contributed by atoms with Gasteiger partial charge in [0.05, 0.1) is 5.75 Å². The lowest BCUT2D eigenvalue weighted by atomic mass is 10.3. The lowest BCUT2D eigenvalue weighted by Gasteiger charge is -2.26. The molecule has 1 rings (SSSR count). The number of hydrogen-bond donors (Lipinski definition) is 1. The Morgan fingerprint density at radius 2 is 2.23 bits per heavy atom. The Morgan fingerprint density at radius 1 is 1.54 bits per heavy atom. The summed E-state index contributed by atoms with van der Waals surface area (Å²) in [7, 11) is -3.87. The lowest BCUT2D eigenvalue weighted by molar-refractivity contribution is 0.334. The molecule has 13 heavy (non-hydrogen) atoms. The van der Waals surface area contributed by atoms with Gasteiger partial charge in [-0.2, -0.15) is 8.42 Å². The summed E-state index contributed by atoms with van der Waals surface area (Å²) < 4.78 is 29.8. The second-order valence-corrected chi connectivity index (χ2v) is 4.56. The molecule has 0 spiro atoms. The maximum absolute atomic E-state index is 10.6. The number of allylic oxidation sites excluding steroid dienone is 2. The van der Waals surface area contributed by atoms with Crippen LogP contribution in [0.15, 0.2) is 24.4 Å². The molecule has 0 radical (unpaired) electrons. The Kier molecular flexibility index (Phi) is 3.11. The Hall–Kier alpha value is -0.810. The van der Waals surface area contributed by atoms with E-state index in [0.717, 1.165) is 0 Å². The molecule has 1 unspecified atom stereocenters. The number of rotatable bonds is 3. The summed E-state index contributed by atoms with van der Waals surface area (Å²) in [4.78, 5) is 1.85. The third-order valence-electron chi connectivity index (χ3n) is 1.86. The smallest absolute Gasteiger partial charge is 0.266 e. The average molecular weight is 203 g/mol. The van der Waals surface area contributed by atoms with Crippen LogP contribution in [0.25, 0.3) is 0 Å². The van der Waals surface area contributed by atoms with Gasteiger partial charge in [-0.1, -0.05) is 12.2 Å². The molecule has 0 aromatic rings. The molecule has 1 heterocycles. The summed E-state index contributed by atoms with van der Waals surface area (Å²) in [5, 5.41) is 0. The van der Waals surface area contributed by atoms with Crippen molar-refractivity contribution in [2.75, 3.05) is 12.3 Å². The molecule has 1 N–H and O–H groups in total. The predicted octanol–water partition coefficient (Wildman–Crippen LogP) is 0.648. The van der Waals surface area contributed by atoms with Gasteiger partial charge < -0.3 is 4.90 Å². The van der Waals surface area contributed by atoms with Gasteiger partial charge >= 0.3 is 0 Å². The van der Waals surface area contributed by atoms with Crippen LogP contribution in [0, 0.1) is 0 Å². The number of nitrogens with zero attached hydrogens (tertiary/aromatic N) is 1. The van der Waals surface area contributed by atoms with Crippen molar-refractivity contribution in [3.05, 3.63) is 24.4 Å². The minimum absolute atomic E-state index is 0.198. The van der Waals surface area contributed by atoms with Crippen LogP contribution in [0.4, 0.5) is 0 Å². The van der Waals surface area contributed by atoms with E-state index in [2.05, 4.69) is 0 Å². The summed E-state index contributed by atoms with van der Waals surface area (Å²) in [6.07, 6.45) is 7.48. The van der Waals surface area contributed by atoms with E-state index >= 15 is 0 Å². The molecular weight excluding hydrogens is 190 g/mol. The van der Waals surface area contributed by atoms with Crippen molar-refractivity contribution in [2.24, 2.45) is 0 Å². The van der Waals surface area contributed by atoms with Crippen molar-refractivity contribution in [3.63, 3.8) is 0 Å². The molecule has 0 aliphatic carbocycles. The molecule has 0 saturated heterocycles. The molecule has 4 nitrogen and oxygen atoms in total. The molecule has 0 saturated carbocycles. The lowest BCUT2D eigenvalue weighted by Crippen LogP contribution is -2.34. The van der Waals surface area contributed by atoms with Crippen molar-refractivity contribution in [1.82, 2.24) is 4.90 Å². The molecule has 0 aromatic heterocycles. The molecule has 5 heteroatoms. The van der Waals surface area contributed by atoms with Gasteiger partial charge in [-0.15, -0.1) is 0 Å². The van der Waals surface area contributed by atoms with Crippen molar-refractivity contribution < 1.29 is 13.0 Å². The first-order valence-corrected chi connectivity index (χ1v) is 5.64. The predicted molar refractivity (Wildman–Crippen MR) is 50.9 cm³/mol. The van der Waals surface area contributed by atoms with Gasteiger partial charge in [0, 0.05) is 12.6 Å². The fourth-order valence-corrected chi connectivity index (χ4v) is 2.01. The minimum Gasteiger partial charge on any atom is -0.370 e. The van der Waals surface area contributed by atoms with E-state index < -0.39 is 10.1 Å². The van der Waals surface area contributed by atoms with E-state index in [4.69, 9.17) is 4.55 Å². The van der Waals surface area contributed by atoms with Gasteiger partial charge in [0.15, 0.2) is 0 Å². The SMILES string of the molecule is CC(CS(=O)(=O)O)N1C=CC=CC1. The summed E-state index contributed by atoms with van der Waals surface area (Å²) in [5.74, 6) is -0.231. The first kappa shape index (κ1) is 10.3. The van der Waals surface area contributed by atoms with Crippen LogP contribution in [-0.2, 0) is 10.1 Å². The fourth-order valence-electron chi connectivity index (χ4n) is 1.21. The molecular formula is C8H13NO3S. The third kappa shape index (κ3) is 3.61. The first-order valence-electron chi connectivity index (χ1n) is 4.03. The highest BCUT2D eigenvalue weighted by molar-refractivity contribution is 7.85. The van der Waals surface area contributed by atoms with Crippen LogP contribution in [0.3, 0.4) is 0 Å². The van der Waals surface area contributed by atoms with Crippen molar-refractivity contribution in [3.8, 4) is 0 Å². The molecule has 1 atom stereocenters. The summed E-state index contributed by atoms with van der Waals surface area (Å²) in [5.41, 5.74) is 0. The Balaban J connectivity index is 2.53. The topological polar surface area (TPSA) is 57.6 Å². The maximum atomic E-state index is 10.6. The van der Waals surface area contributed by atoms with Gasteiger partial charge in [0.1, 0.15) is 0 Å². The fraction of sp³-hybridized carbons (Fsp3) is 0.500. The molecule has 74 valence electrons. The zero-order valence-corrected chi connectivity index (χ0v) is 8.24. The molecule has 1 aliphatic heterocycles. The summed E-state index contributed by atoms with van der Waals surface area (Å²) >= 11 is 0. The molecule has 0 fully saturated rings. The number of hydrogen-bond acceptors (Lipinski definition) is 3. The summed E-state index contributed by atoms with van der Waals surface area (Å²) in [6.45, 7) is 2.45. The van der Waals surface area contributed by atoms with Gasteiger partial charge in [-0.25, -0.2) is 0 Å². The highest BCUT2D eigenvalue weighted by Crippen LogP contribution is 2.06. The maximum Gasteiger partial charge on any atom is 0.266 e. The summed E-state index contributed by atoms with van der Waals surface area (Å²) in [6, 6.07) is -0.198. The first-order chi connectivity index (χ1) is 5.99. The van der Waals surface area contributed by atoms with Gasteiger partial charge in [-0.3, -0.25) is 4.55 Å². The highest BCUT2D eigenvalue weighted by atomic mass is 32.2. The van der Waals surface area contributed by atoms with E-state index in [9.17, 15) is 8.42 Å². The monoisotopic (exact) mass is 203 g/mol. The van der Waals surface area contributed by atoms with Gasteiger partial charge in [0.25, 0.3) is 10.1 Å². The van der Waals surface area contributed by atoms with E-state index in [0.29, 0.717) is 6.54 Å². The zero-order chi connectivity index (χ0) is 9.90. The van der Waals surface area contributed by atoms with Crippen LogP contribution >= 0.6 is 0 Å². The molecule has 1 aliphatic rings. The van der Waals surface area contributed by atoms with E-state index in [1.807, 2.05) is 29.3 Å². The molecule has 0 amide bonds. The van der Waals surface area contributed by atoms with Crippen LogP contribution in [0.1, 0.15) is 6.92 Å². The van der Waals surface area contributed by atoms with Crippen molar-refractivity contribution in [2.45, 2.75) is 13.0 Å². The van der Waals surface area contributed by atoms with E-state index in [-0.39, 0.29) is 11.8 Å². The third-order valence-corrected chi connectivity index (χ3v) is 2.76. The van der Waals surface area contributed by atoms with Gasteiger partial charge in [-0.05, 0) is 19.2 Å². The van der Waals surface area contributed by atoms with Crippen molar-refractivity contribution >= 4 is 10.1 Å². The second-order valence-electron chi connectivity index (χ2n) is 3.06. The molecule has 0 aromatic carbocycles. The van der Waals surface area contributed by atoms with Crippen LogP contribution in [0.2, 0.25) is 0 Å². The highest BCUT2D eigenvalue weighted by Gasteiger charge is 2.16. The minimum atomic E-state index is -3.87. The van der Waals surface area contributed by atoms with Crippen LogP contribution in [-0.4, -0.2) is 36.2 Å². The van der Waals surface area contributed by atoms with Crippen molar-refractivity contribution in [1.29, 1.82) is 0 Å². The molecule has 0 bridgehead atoms. The van der Waals surface area contributed by atoms with Gasteiger partial charge in [0.2, 0.25) is 0 Å². The Labute approximate surface area is 78.3 Å². The second kappa shape index (κ2) is 3.93. The largest absolute Gasteiger partial charge is 0.370 e. The van der Waals surface area contributed by atoms with E-state index in [1.165, 1.54) is 0 Å². The standard InChI is InChI=1S/C8H13NO3S/c1-8(7-13(10,11)12)9-5-3-2-4-6-9/h2-5,8H,6-7H2,1H3,(H,10,11,12). The van der Waals surface area contributed by atoms with E-state index in [1.54, 1.807) is 6.92 Å². The van der Waals surface area contributed by atoms with Crippen LogP contribution < -0.4 is 0 Å². The Bertz CT molecular complexity index is 318. The van der Waals surface area contributed by atoms with Crippen LogP contribution in [0.5, 0.6) is 0 Å². The zero-order valence-electron chi connectivity index (χ0n) is 7.42.